The predicted octanol–water partition coefficient (Wildman–Crippen LogP) is 0.421. The van der Waals surface area contributed by atoms with Crippen molar-refractivity contribution in [1.29, 1.82) is 0 Å². The number of para-hydroxylation sites is 2. The van der Waals surface area contributed by atoms with Gasteiger partial charge < -0.3 is 20.1 Å². The average molecular weight is 252 g/mol. The molecule has 0 spiro atoms. The fourth-order valence-corrected chi connectivity index (χ4v) is 1.44. The second kappa shape index (κ2) is 6.48. The fourth-order valence-electron chi connectivity index (χ4n) is 1.44. The molecule has 0 bridgehead atoms. The van der Waals surface area contributed by atoms with Crippen LogP contribution in [0.3, 0.4) is 0 Å². The zero-order valence-electron chi connectivity index (χ0n) is 10.4. The zero-order valence-corrected chi connectivity index (χ0v) is 10.4. The highest BCUT2D eigenvalue weighted by Gasteiger charge is 2.17. The smallest absolute Gasteiger partial charge is 0.325 e. The van der Waals surface area contributed by atoms with E-state index < -0.39 is 11.9 Å². The number of benzene rings is 1. The normalized spacial score (nSPS) is 9.67. The van der Waals surface area contributed by atoms with E-state index in [2.05, 4.69) is 9.47 Å². The topological polar surface area (TPSA) is 81.9 Å². The largest absolute Gasteiger partial charge is 0.468 e. The summed E-state index contributed by atoms with van der Waals surface area (Å²) >= 11 is 0. The van der Waals surface area contributed by atoms with E-state index in [1.807, 2.05) is 0 Å². The van der Waals surface area contributed by atoms with Crippen molar-refractivity contribution in [2.24, 2.45) is 0 Å². The molecule has 2 N–H and O–H groups in total. The van der Waals surface area contributed by atoms with Crippen molar-refractivity contribution in [3.05, 3.63) is 24.3 Å². The van der Waals surface area contributed by atoms with Crippen LogP contribution in [0.4, 0.5) is 11.4 Å². The molecule has 0 amide bonds. The number of carbonyl (C=O) groups is 2. The summed E-state index contributed by atoms with van der Waals surface area (Å²) in [6.45, 7) is -0.139. The summed E-state index contributed by atoms with van der Waals surface area (Å²) < 4.78 is 9.17. The first-order chi connectivity index (χ1) is 8.58. The third kappa shape index (κ3) is 3.65. The molecule has 6 heteroatoms. The molecule has 0 aliphatic carbocycles. The lowest BCUT2D eigenvalue weighted by Gasteiger charge is -2.23. The maximum atomic E-state index is 11.3. The number of nitrogens with zero attached hydrogens (tertiary/aromatic N) is 1. The molecule has 0 fully saturated rings. The molecule has 0 radical (unpaired) electrons. The number of nitrogen functional groups attached to an aromatic ring is 1. The average Bonchev–Trinajstić information content (AvgIpc) is 2.38. The van der Waals surface area contributed by atoms with Gasteiger partial charge in [-0.15, -0.1) is 0 Å². The molecule has 0 unspecified atom stereocenters. The summed E-state index contributed by atoms with van der Waals surface area (Å²) in [6.07, 6.45) is 0. The van der Waals surface area contributed by atoms with Crippen molar-refractivity contribution in [1.82, 2.24) is 0 Å². The van der Waals surface area contributed by atoms with Crippen LogP contribution in [-0.4, -0.2) is 39.2 Å². The highest BCUT2D eigenvalue weighted by molar-refractivity contribution is 5.83. The van der Waals surface area contributed by atoms with E-state index in [1.54, 1.807) is 24.3 Å². The van der Waals surface area contributed by atoms with Gasteiger partial charge in [-0.05, 0) is 12.1 Å². The van der Waals surface area contributed by atoms with Gasteiger partial charge in [0.2, 0.25) is 0 Å². The first-order valence-corrected chi connectivity index (χ1v) is 5.31. The lowest BCUT2D eigenvalue weighted by Crippen LogP contribution is -2.36. The molecule has 98 valence electrons. The van der Waals surface area contributed by atoms with Crippen LogP contribution in [0.15, 0.2) is 24.3 Å². The van der Waals surface area contributed by atoms with Crippen LogP contribution in [0.2, 0.25) is 0 Å². The van der Waals surface area contributed by atoms with Crippen molar-refractivity contribution in [3.63, 3.8) is 0 Å². The minimum absolute atomic E-state index is 0.0696. The first-order valence-electron chi connectivity index (χ1n) is 5.31. The highest BCUT2D eigenvalue weighted by Crippen LogP contribution is 2.22. The molecule has 0 aromatic heterocycles. The number of nitrogens with two attached hydrogens (primary N) is 1. The molecule has 0 aliphatic heterocycles. The number of esters is 2. The monoisotopic (exact) mass is 252 g/mol. The molecular formula is C12H16N2O4. The lowest BCUT2D eigenvalue weighted by molar-refractivity contribution is -0.140. The number of methoxy groups -OCH3 is 2. The molecule has 0 saturated carbocycles. The molecule has 0 atom stereocenters. The minimum atomic E-state index is -0.456. The molecule has 0 heterocycles. The van der Waals surface area contributed by atoms with E-state index in [4.69, 9.17) is 5.73 Å². The Balaban J connectivity index is 2.93. The van der Waals surface area contributed by atoms with Crippen LogP contribution >= 0.6 is 0 Å². The summed E-state index contributed by atoms with van der Waals surface area (Å²) in [7, 11) is 2.57. The number of hydrogen-bond acceptors (Lipinski definition) is 6. The Morgan fingerprint density at radius 1 is 1.11 bits per heavy atom. The highest BCUT2D eigenvalue weighted by atomic mass is 16.5. The Bertz CT molecular complexity index is 416. The van der Waals surface area contributed by atoms with Gasteiger partial charge in [0.05, 0.1) is 25.6 Å². The van der Waals surface area contributed by atoms with Gasteiger partial charge in [0, 0.05) is 0 Å². The van der Waals surface area contributed by atoms with E-state index in [-0.39, 0.29) is 13.1 Å². The molecule has 18 heavy (non-hydrogen) atoms. The summed E-state index contributed by atoms with van der Waals surface area (Å²) in [4.78, 5) is 24.1. The molecule has 6 nitrogen and oxygen atoms in total. The van der Waals surface area contributed by atoms with Crippen LogP contribution in [0.1, 0.15) is 0 Å². The van der Waals surface area contributed by atoms with Crippen molar-refractivity contribution in [2.75, 3.05) is 37.9 Å². The van der Waals surface area contributed by atoms with E-state index in [0.29, 0.717) is 11.4 Å². The number of rotatable bonds is 5. The third-order valence-corrected chi connectivity index (χ3v) is 2.37. The molecule has 1 aromatic rings. The van der Waals surface area contributed by atoms with Crippen LogP contribution in [0.5, 0.6) is 0 Å². The zero-order chi connectivity index (χ0) is 13.5. The lowest BCUT2D eigenvalue weighted by atomic mass is 10.2. The molecular weight excluding hydrogens is 236 g/mol. The van der Waals surface area contributed by atoms with Gasteiger partial charge in [-0.1, -0.05) is 12.1 Å². The Morgan fingerprint density at radius 2 is 1.61 bits per heavy atom. The molecule has 0 saturated heterocycles. The van der Waals surface area contributed by atoms with Gasteiger partial charge in [0.25, 0.3) is 0 Å². The Labute approximate surface area is 105 Å². The van der Waals surface area contributed by atoms with Gasteiger partial charge in [-0.3, -0.25) is 9.59 Å². The van der Waals surface area contributed by atoms with Crippen molar-refractivity contribution < 1.29 is 19.1 Å². The second-order valence-corrected chi connectivity index (χ2v) is 3.57. The standard InChI is InChI=1S/C12H16N2O4/c1-17-11(15)7-14(8-12(16)18-2)10-6-4-3-5-9(10)13/h3-6H,7-8,13H2,1-2H3. The predicted molar refractivity (Wildman–Crippen MR) is 67.1 cm³/mol. The van der Waals surface area contributed by atoms with Crippen LogP contribution < -0.4 is 10.6 Å². The van der Waals surface area contributed by atoms with Gasteiger partial charge in [-0.25, -0.2) is 0 Å². The second-order valence-electron chi connectivity index (χ2n) is 3.57. The van der Waals surface area contributed by atoms with E-state index in [1.165, 1.54) is 19.1 Å². The number of hydrogen-bond donors (Lipinski definition) is 1. The Morgan fingerprint density at radius 3 is 2.06 bits per heavy atom. The van der Waals surface area contributed by atoms with Crippen molar-refractivity contribution >= 4 is 23.3 Å². The third-order valence-electron chi connectivity index (χ3n) is 2.37. The summed E-state index contributed by atoms with van der Waals surface area (Å²) in [5.74, 6) is -0.913. The summed E-state index contributed by atoms with van der Waals surface area (Å²) in [5.41, 5.74) is 6.88. The maximum absolute atomic E-state index is 11.3. The van der Waals surface area contributed by atoms with Crippen LogP contribution in [0.25, 0.3) is 0 Å². The summed E-state index contributed by atoms with van der Waals surface area (Å²) in [5, 5.41) is 0. The van der Waals surface area contributed by atoms with E-state index in [0.717, 1.165) is 0 Å². The fraction of sp³-hybridized carbons (Fsp3) is 0.333. The van der Waals surface area contributed by atoms with Gasteiger partial charge >= 0.3 is 11.9 Å². The number of carbonyl (C=O) groups excluding carboxylic acids is 2. The van der Waals surface area contributed by atoms with Gasteiger partial charge in [-0.2, -0.15) is 0 Å². The maximum Gasteiger partial charge on any atom is 0.325 e. The number of anilines is 2. The first kappa shape index (κ1) is 13.8. The van der Waals surface area contributed by atoms with E-state index in [9.17, 15) is 9.59 Å². The minimum Gasteiger partial charge on any atom is -0.468 e. The Kier molecular flexibility index (Phi) is 4.98. The van der Waals surface area contributed by atoms with Crippen molar-refractivity contribution in [3.8, 4) is 0 Å². The Hall–Kier alpha value is -2.24. The quantitative estimate of drug-likeness (QED) is 0.604. The van der Waals surface area contributed by atoms with Crippen LogP contribution in [0, 0.1) is 0 Å². The van der Waals surface area contributed by atoms with E-state index >= 15 is 0 Å². The summed E-state index contributed by atoms with van der Waals surface area (Å²) in [6, 6.07) is 6.96. The van der Waals surface area contributed by atoms with Crippen LogP contribution in [-0.2, 0) is 19.1 Å². The molecule has 1 rings (SSSR count). The van der Waals surface area contributed by atoms with Gasteiger partial charge in [0.15, 0.2) is 0 Å². The van der Waals surface area contributed by atoms with Crippen molar-refractivity contribution in [2.45, 2.75) is 0 Å². The SMILES string of the molecule is COC(=O)CN(CC(=O)OC)c1ccccc1N. The van der Waals surface area contributed by atoms with Gasteiger partial charge in [0.1, 0.15) is 13.1 Å². The molecule has 0 aliphatic rings. The number of ether oxygens (including phenoxy) is 2. The molecule has 1 aromatic carbocycles.